The van der Waals surface area contributed by atoms with Crippen molar-refractivity contribution in [3.63, 3.8) is 0 Å². The molecule has 2 unspecified atom stereocenters. The highest BCUT2D eigenvalue weighted by molar-refractivity contribution is 5.76. The van der Waals surface area contributed by atoms with Crippen LogP contribution in [0.15, 0.2) is 72.5 Å². The van der Waals surface area contributed by atoms with Gasteiger partial charge in [0.2, 0.25) is 0 Å². The summed E-state index contributed by atoms with van der Waals surface area (Å²) in [5, 5.41) is 2.66. The second-order valence-corrected chi connectivity index (χ2v) is 7.18. The fourth-order valence-electron chi connectivity index (χ4n) is 3.65. The van der Waals surface area contributed by atoms with E-state index in [1.807, 2.05) is 48.5 Å². The van der Waals surface area contributed by atoms with E-state index in [2.05, 4.69) is 10.2 Å². The number of hydrogen-bond donors (Lipinski definition) is 2. The average Bonchev–Trinajstić information content (AvgIpc) is 3.16. The number of hydrogen-bond acceptors (Lipinski definition) is 4. The van der Waals surface area contributed by atoms with Gasteiger partial charge >= 0.3 is 6.18 Å². The largest absolute Gasteiger partial charge is 0.417 e. The van der Waals surface area contributed by atoms with E-state index in [-0.39, 0.29) is 6.10 Å². The molecule has 2 heterocycles. The second-order valence-electron chi connectivity index (χ2n) is 7.18. The van der Waals surface area contributed by atoms with Crippen LogP contribution in [0.2, 0.25) is 0 Å². The van der Waals surface area contributed by atoms with Crippen molar-refractivity contribution in [2.45, 2.75) is 24.9 Å². The van der Waals surface area contributed by atoms with Gasteiger partial charge in [0, 0.05) is 19.3 Å². The molecule has 2 aliphatic heterocycles. The van der Waals surface area contributed by atoms with Crippen molar-refractivity contribution in [2.24, 2.45) is 0 Å². The molecule has 1 fully saturated rings. The van der Waals surface area contributed by atoms with E-state index in [0.29, 0.717) is 12.2 Å². The summed E-state index contributed by atoms with van der Waals surface area (Å²) in [6.45, 7) is 1.41. The van der Waals surface area contributed by atoms with E-state index in [0.717, 1.165) is 42.1 Å². The van der Waals surface area contributed by atoms with Crippen molar-refractivity contribution in [2.75, 3.05) is 23.7 Å². The van der Waals surface area contributed by atoms with Gasteiger partial charge in [-0.2, -0.15) is 13.2 Å². The molecule has 29 heavy (non-hydrogen) atoms. The monoisotopic (exact) mass is 401 g/mol. The molecule has 2 aliphatic rings. The standard InChI is InChI=1S/C22H22F3N3O/c23-22(24,25)17-7-9-21(27-13-17)29-18-10-11-28(14-18)20-8-6-16(12-19(20)26)15-4-2-1-3-5-15/h1-9,12-13,18,21,27H,10-11,14,26H2. The molecule has 0 aliphatic carbocycles. The predicted octanol–water partition coefficient (Wildman–Crippen LogP) is 4.46. The van der Waals surface area contributed by atoms with E-state index in [1.54, 1.807) is 0 Å². The van der Waals surface area contributed by atoms with Crippen molar-refractivity contribution in [1.29, 1.82) is 0 Å². The number of benzene rings is 2. The molecule has 1 saturated heterocycles. The number of nitrogens with zero attached hydrogens (tertiary/aromatic N) is 1. The maximum Gasteiger partial charge on any atom is 0.417 e. The summed E-state index contributed by atoms with van der Waals surface area (Å²) in [7, 11) is 0. The zero-order chi connectivity index (χ0) is 20.4. The molecule has 0 bridgehead atoms. The van der Waals surface area contributed by atoms with Crippen LogP contribution in [0.25, 0.3) is 11.1 Å². The number of nitrogen functional groups attached to an aromatic ring is 1. The highest BCUT2D eigenvalue weighted by Gasteiger charge is 2.34. The highest BCUT2D eigenvalue weighted by atomic mass is 19.4. The first-order chi connectivity index (χ1) is 13.9. The van der Waals surface area contributed by atoms with Crippen molar-refractivity contribution in [1.82, 2.24) is 5.32 Å². The van der Waals surface area contributed by atoms with Gasteiger partial charge in [0.25, 0.3) is 0 Å². The van der Waals surface area contributed by atoms with E-state index in [9.17, 15) is 13.2 Å². The second kappa shape index (κ2) is 7.83. The molecule has 0 aromatic heterocycles. The Kier molecular flexibility index (Phi) is 5.24. The van der Waals surface area contributed by atoms with Crippen LogP contribution in [0.5, 0.6) is 0 Å². The molecule has 152 valence electrons. The fourth-order valence-corrected chi connectivity index (χ4v) is 3.65. The smallest absolute Gasteiger partial charge is 0.397 e. The molecule has 2 aromatic rings. The van der Waals surface area contributed by atoms with Crippen molar-refractivity contribution in [3.05, 3.63) is 72.5 Å². The molecule has 4 nitrogen and oxygen atoms in total. The van der Waals surface area contributed by atoms with Crippen LogP contribution in [-0.2, 0) is 4.74 Å². The summed E-state index contributed by atoms with van der Waals surface area (Å²) in [6.07, 6.45) is -0.834. The molecule has 2 aromatic carbocycles. The minimum absolute atomic E-state index is 0.0915. The normalized spacial score (nSPS) is 21.8. The zero-order valence-corrected chi connectivity index (χ0v) is 15.7. The number of rotatable bonds is 4. The third-order valence-corrected chi connectivity index (χ3v) is 5.14. The van der Waals surface area contributed by atoms with Crippen molar-refractivity contribution < 1.29 is 17.9 Å². The Bertz CT molecular complexity index is 925. The summed E-state index contributed by atoms with van der Waals surface area (Å²) in [6, 6.07) is 16.1. The lowest BCUT2D eigenvalue weighted by Gasteiger charge is -2.25. The molecule has 0 amide bonds. The van der Waals surface area contributed by atoms with Gasteiger partial charge in [-0.05, 0) is 41.8 Å². The van der Waals surface area contributed by atoms with Crippen molar-refractivity contribution in [3.8, 4) is 11.1 Å². The van der Waals surface area contributed by atoms with Gasteiger partial charge in [0.15, 0.2) is 0 Å². The Balaban J connectivity index is 1.37. The molecule has 0 saturated carbocycles. The van der Waals surface area contributed by atoms with E-state index in [4.69, 9.17) is 10.5 Å². The summed E-state index contributed by atoms with van der Waals surface area (Å²) < 4.78 is 43.9. The molecular formula is C22H22F3N3O. The first kappa shape index (κ1) is 19.4. The van der Waals surface area contributed by atoms with E-state index >= 15 is 0 Å². The van der Waals surface area contributed by atoms with Gasteiger partial charge in [0.05, 0.1) is 23.1 Å². The molecule has 4 rings (SSSR count). The first-order valence-electron chi connectivity index (χ1n) is 9.47. The quantitative estimate of drug-likeness (QED) is 0.743. The van der Waals surface area contributed by atoms with Gasteiger partial charge < -0.3 is 20.7 Å². The number of nitrogens with two attached hydrogens (primary N) is 1. The number of dihydropyridines is 1. The SMILES string of the molecule is Nc1cc(-c2ccccc2)ccc1N1CCC(OC2C=CC(C(F)(F)F)=CN2)C1. The van der Waals surface area contributed by atoms with Gasteiger partial charge in [-0.3, -0.25) is 0 Å². The predicted molar refractivity (Wildman–Crippen MR) is 108 cm³/mol. The summed E-state index contributed by atoms with van der Waals surface area (Å²) >= 11 is 0. The average molecular weight is 401 g/mol. The Morgan fingerprint density at radius 1 is 1.07 bits per heavy atom. The number of ether oxygens (including phenoxy) is 1. The molecule has 2 atom stereocenters. The maximum atomic E-state index is 12.7. The van der Waals surface area contributed by atoms with Crippen LogP contribution in [0.1, 0.15) is 6.42 Å². The lowest BCUT2D eigenvalue weighted by molar-refractivity contribution is -0.0896. The Labute approximate surface area is 167 Å². The van der Waals surface area contributed by atoms with E-state index in [1.165, 1.54) is 6.08 Å². The van der Waals surface area contributed by atoms with Crippen LogP contribution in [0, 0.1) is 0 Å². The van der Waals surface area contributed by atoms with Crippen LogP contribution in [0.4, 0.5) is 24.5 Å². The number of allylic oxidation sites excluding steroid dienone is 2. The minimum atomic E-state index is -4.36. The molecule has 3 N–H and O–H groups in total. The Morgan fingerprint density at radius 3 is 2.52 bits per heavy atom. The third kappa shape index (κ3) is 4.40. The molecular weight excluding hydrogens is 379 g/mol. The number of anilines is 2. The summed E-state index contributed by atoms with van der Waals surface area (Å²) in [5.74, 6) is 0. The van der Waals surface area contributed by atoms with Crippen LogP contribution >= 0.6 is 0 Å². The van der Waals surface area contributed by atoms with Gasteiger partial charge in [-0.1, -0.05) is 36.4 Å². The lowest BCUT2D eigenvalue weighted by Crippen LogP contribution is -2.35. The number of nitrogens with one attached hydrogen (secondary N) is 1. The topological polar surface area (TPSA) is 50.5 Å². The van der Waals surface area contributed by atoms with Gasteiger partial charge in [0.1, 0.15) is 6.23 Å². The number of alkyl halides is 3. The first-order valence-corrected chi connectivity index (χ1v) is 9.47. The Hall–Kier alpha value is -2.93. The van der Waals surface area contributed by atoms with Crippen LogP contribution in [-0.4, -0.2) is 31.6 Å². The van der Waals surface area contributed by atoms with E-state index < -0.39 is 18.0 Å². The zero-order valence-electron chi connectivity index (χ0n) is 15.7. The van der Waals surface area contributed by atoms with Gasteiger partial charge in [-0.15, -0.1) is 0 Å². The van der Waals surface area contributed by atoms with Crippen LogP contribution in [0.3, 0.4) is 0 Å². The van der Waals surface area contributed by atoms with Gasteiger partial charge in [-0.25, -0.2) is 0 Å². The minimum Gasteiger partial charge on any atom is -0.397 e. The Morgan fingerprint density at radius 2 is 1.86 bits per heavy atom. The maximum absolute atomic E-state index is 12.7. The molecule has 0 radical (unpaired) electrons. The summed E-state index contributed by atoms with van der Waals surface area (Å²) in [4.78, 5) is 2.15. The number of halogens is 3. The fraction of sp³-hybridized carbons (Fsp3) is 0.273. The molecule has 0 spiro atoms. The summed E-state index contributed by atoms with van der Waals surface area (Å²) in [5.41, 5.74) is 9.40. The molecule has 7 heteroatoms. The van der Waals surface area contributed by atoms with Crippen molar-refractivity contribution >= 4 is 11.4 Å². The van der Waals surface area contributed by atoms with Crippen LogP contribution < -0.4 is 16.0 Å². The lowest BCUT2D eigenvalue weighted by atomic mass is 10.0. The highest BCUT2D eigenvalue weighted by Crippen LogP contribution is 2.32. The third-order valence-electron chi connectivity index (χ3n) is 5.14.